The van der Waals surface area contributed by atoms with Crippen molar-refractivity contribution in [1.82, 2.24) is 20.0 Å². The second-order valence-electron chi connectivity index (χ2n) is 5.74. The largest absolute Gasteiger partial charge is 0.354 e. The highest BCUT2D eigenvalue weighted by Gasteiger charge is 2.16. The summed E-state index contributed by atoms with van der Waals surface area (Å²) in [5, 5.41) is 2.70. The van der Waals surface area contributed by atoms with Crippen molar-refractivity contribution in [1.29, 1.82) is 0 Å². The quantitative estimate of drug-likeness (QED) is 0.724. The van der Waals surface area contributed by atoms with Crippen LogP contribution in [0.3, 0.4) is 0 Å². The molecule has 1 heterocycles. The summed E-state index contributed by atoms with van der Waals surface area (Å²) in [7, 11) is -3.40. The number of fused-ring (bicyclic) bond motifs is 1. The van der Waals surface area contributed by atoms with E-state index in [9.17, 15) is 13.2 Å². The number of aryl methyl sites for hydroxylation is 2. The number of benzene rings is 1. The lowest BCUT2D eigenvalue weighted by molar-refractivity contribution is -0.122. The van der Waals surface area contributed by atoms with Gasteiger partial charge in [-0.15, -0.1) is 0 Å². The van der Waals surface area contributed by atoms with E-state index in [4.69, 9.17) is 0 Å². The van der Waals surface area contributed by atoms with Crippen LogP contribution >= 0.6 is 0 Å². The molecule has 1 aromatic heterocycles. The molecule has 2 rings (SSSR count). The fourth-order valence-electron chi connectivity index (χ4n) is 2.31. The average Bonchev–Trinajstić information content (AvgIpc) is 2.85. The lowest BCUT2D eigenvalue weighted by atomic mass is 10.1. The van der Waals surface area contributed by atoms with E-state index in [1.807, 2.05) is 26.0 Å². The Balaban J connectivity index is 1.94. The molecule has 0 saturated heterocycles. The predicted octanol–water partition coefficient (Wildman–Crippen LogP) is 0.776. The highest BCUT2D eigenvalue weighted by Crippen LogP contribution is 2.19. The van der Waals surface area contributed by atoms with E-state index in [2.05, 4.69) is 20.0 Å². The van der Waals surface area contributed by atoms with E-state index in [-0.39, 0.29) is 5.91 Å². The zero-order valence-corrected chi connectivity index (χ0v) is 14.5. The molecule has 126 valence electrons. The first-order valence-electron chi connectivity index (χ1n) is 7.37. The fourth-order valence-corrected chi connectivity index (χ4v) is 3.06. The minimum Gasteiger partial charge on any atom is -0.354 e. The van der Waals surface area contributed by atoms with Gasteiger partial charge < -0.3 is 10.3 Å². The van der Waals surface area contributed by atoms with Crippen LogP contribution < -0.4 is 10.0 Å². The summed E-state index contributed by atoms with van der Waals surface area (Å²) in [5.41, 5.74) is 4.24. The first-order chi connectivity index (χ1) is 10.7. The van der Waals surface area contributed by atoms with E-state index in [1.165, 1.54) is 12.5 Å². The zero-order chi connectivity index (χ0) is 17.2. The SMILES string of the molecule is Cc1ccc2[nH]c(CCNC(=O)[C@H](C)NS(C)(=O)=O)nc2c1C. The molecule has 0 saturated carbocycles. The summed E-state index contributed by atoms with van der Waals surface area (Å²) < 4.78 is 24.4. The number of hydrogen-bond acceptors (Lipinski definition) is 4. The Morgan fingerprint density at radius 3 is 2.70 bits per heavy atom. The van der Waals surface area contributed by atoms with Crippen molar-refractivity contribution < 1.29 is 13.2 Å². The third kappa shape index (κ3) is 4.52. The summed E-state index contributed by atoms with van der Waals surface area (Å²) in [6.07, 6.45) is 1.57. The van der Waals surface area contributed by atoms with Gasteiger partial charge in [0.15, 0.2) is 0 Å². The van der Waals surface area contributed by atoms with Gasteiger partial charge in [0.05, 0.1) is 23.3 Å². The number of carbonyl (C=O) groups is 1. The van der Waals surface area contributed by atoms with Gasteiger partial charge in [-0.3, -0.25) is 4.79 Å². The number of H-pyrrole nitrogens is 1. The molecular weight excluding hydrogens is 316 g/mol. The van der Waals surface area contributed by atoms with Gasteiger partial charge in [-0.25, -0.2) is 18.1 Å². The number of rotatable bonds is 6. The third-order valence-corrected chi connectivity index (χ3v) is 4.45. The maximum Gasteiger partial charge on any atom is 0.237 e. The standard InChI is InChI=1S/C15H22N4O3S/c1-9-5-6-12-14(10(9)2)18-13(17-12)7-8-16-15(20)11(3)19-23(4,21)22/h5-6,11,19H,7-8H2,1-4H3,(H,16,20)(H,17,18)/t11-/m0/s1. The van der Waals surface area contributed by atoms with Crippen molar-refractivity contribution in [3.05, 3.63) is 29.1 Å². The third-order valence-electron chi connectivity index (χ3n) is 3.67. The lowest BCUT2D eigenvalue weighted by Gasteiger charge is -2.12. The molecule has 0 bridgehead atoms. The molecule has 0 fully saturated rings. The Bertz CT molecular complexity index is 827. The summed E-state index contributed by atoms with van der Waals surface area (Å²) in [5.74, 6) is 0.427. The number of carbonyl (C=O) groups excluding carboxylic acids is 1. The van der Waals surface area contributed by atoms with Gasteiger partial charge in [0, 0.05) is 13.0 Å². The molecule has 2 aromatic rings. The van der Waals surface area contributed by atoms with Gasteiger partial charge in [0.1, 0.15) is 5.82 Å². The maximum atomic E-state index is 11.8. The smallest absolute Gasteiger partial charge is 0.237 e. The van der Waals surface area contributed by atoms with Crippen LogP contribution in [0.15, 0.2) is 12.1 Å². The van der Waals surface area contributed by atoms with E-state index in [1.54, 1.807) is 0 Å². The Labute approximate surface area is 135 Å². The molecule has 3 N–H and O–H groups in total. The van der Waals surface area contributed by atoms with Crippen LogP contribution in [0.5, 0.6) is 0 Å². The topological polar surface area (TPSA) is 104 Å². The van der Waals surface area contributed by atoms with Crippen LogP contribution in [0.25, 0.3) is 11.0 Å². The summed E-state index contributed by atoms with van der Waals surface area (Å²) in [6, 6.07) is 3.23. The Hall–Kier alpha value is -1.93. The zero-order valence-electron chi connectivity index (χ0n) is 13.7. The van der Waals surface area contributed by atoms with E-state index >= 15 is 0 Å². The average molecular weight is 338 g/mol. The van der Waals surface area contributed by atoms with Gasteiger partial charge in [-0.1, -0.05) is 6.07 Å². The molecule has 0 aliphatic carbocycles. The number of nitrogens with zero attached hydrogens (tertiary/aromatic N) is 1. The monoisotopic (exact) mass is 338 g/mol. The number of hydrogen-bond donors (Lipinski definition) is 3. The van der Waals surface area contributed by atoms with Gasteiger partial charge in [-0.2, -0.15) is 0 Å². The second kappa shape index (κ2) is 6.67. The first-order valence-corrected chi connectivity index (χ1v) is 9.26. The van der Waals surface area contributed by atoms with E-state index in [0.717, 1.165) is 28.7 Å². The Morgan fingerprint density at radius 1 is 1.35 bits per heavy atom. The van der Waals surface area contributed by atoms with Gasteiger partial charge >= 0.3 is 0 Å². The Kier molecular flexibility index (Phi) is 5.06. The minimum absolute atomic E-state index is 0.362. The highest BCUT2D eigenvalue weighted by atomic mass is 32.2. The molecule has 0 spiro atoms. The highest BCUT2D eigenvalue weighted by molar-refractivity contribution is 7.88. The van der Waals surface area contributed by atoms with Crippen LogP contribution in [-0.2, 0) is 21.2 Å². The predicted molar refractivity (Wildman–Crippen MR) is 89.7 cm³/mol. The number of aromatic amines is 1. The molecule has 8 heteroatoms. The van der Waals surface area contributed by atoms with Gasteiger partial charge in [0.2, 0.25) is 15.9 Å². The molecule has 0 unspecified atom stereocenters. The van der Waals surface area contributed by atoms with Crippen LogP contribution in [0.1, 0.15) is 23.9 Å². The fraction of sp³-hybridized carbons (Fsp3) is 0.467. The van der Waals surface area contributed by atoms with Crippen LogP contribution in [0, 0.1) is 13.8 Å². The molecule has 1 amide bonds. The summed E-state index contributed by atoms with van der Waals surface area (Å²) in [6.45, 7) is 5.96. The normalized spacial score (nSPS) is 13.2. The summed E-state index contributed by atoms with van der Waals surface area (Å²) in [4.78, 5) is 19.6. The minimum atomic E-state index is -3.40. The first kappa shape index (κ1) is 17.4. The van der Waals surface area contributed by atoms with Gasteiger partial charge in [0.25, 0.3) is 0 Å². The van der Waals surface area contributed by atoms with Crippen LogP contribution in [0.2, 0.25) is 0 Å². The van der Waals surface area contributed by atoms with E-state index < -0.39 is 16.1 Å². The van der Waals surface area contributed by atoms with Crippen LogP contribution in [0.4, 0.5) is 0 Å². The molecule has 1 atom stereocenters. The van der Waals surface area contributed by atoms with Crippen LogP contribution in [-0.4, -0.2) is 43.1 Å². The lowest BCUT2D eigenvalue weighted by Crippen LogP contribution is -2.44. The molecule has 1 aromatic carbocycles. The van der Waals surface area contributed by atoms with Gasteiger partial charge in [-0.05, 0) is 38.0 Å². The number of nitrogens with one attached hydrogen (secondary N) is 3. The molecule has 23 heavy (non-hydrogen) atoms. The number of imidazole rings is 1. The second-order valence-corrected chi connectivity index (χ2v) is 7.52. The number of sulfonamides is 1. The molecular formula is C15H22N4O3S. The number of aromatic nitrogens is 2. The van der Waals surface area contributed by atoms with Crippen molar-refractivity contribution in [2.75, 3.05) is 12.8 Å². The molecule has 7 nitrogen and oxygen atoms in total. The molecule has 0 aliphatic rings. The Morgan fingerprint density at radius 2 is 2.04 bits per heavy atom. The molecule has 0 radical (unpaired) electrons. The van der Waals surface area contributed by atoms with E-state index in [0.29, 0.717) is 13.0 Å². The maximum absolute atomic E-state index is 11.8. The van der Waals surface area contributed by atoms with Crippen molar-refractivity contribution >= 4 is 27.0 Å². The van der Waals surface area contributed by atoms with Crippen molar-refractivity contribution in [3.63, 3.8) is 0 Å². The van der Waals surface area contributed by atoms with Crippen molar-refractivity contribution in [2.45, 2.75) is 33.2 Å². The molecule has 0 aliphatic heterocycles. The van der Waals surface area contributed by atoms with Crippen molar-refractivity contribution in [2.24, 2.45) is 0 Å². The number of amides is 1. The van der Waals surface area contributed by atoms with Crippen molar-refractivity contribution in [3.8, 4) is 0 Å². The summed E-state index contributed by atoms with van der Waals surface area (Å²) >= 11 is 0.